The smallest absolute Gasteiger partial charge is 0.319 e. The van der Waals surface area contributed by atoms with Gasteiger partial charge in [0.2, 0.25) is 0 Å². The standard InChI is InChI=1S/C8H10ClNO4S/c1-13-6-3-4-8(14-2)7(5-6)10-15(9,11)12/h3-5,10H,1-2H3. The van der Waals surface area contributed by atoms with Gasteiger partial charge in [-0.25, -0.2) is 0 Å². The Labute approximate surface area is 92.5 Å². The molecule has 0 saturated carbocycles. The molecule has 15 heavy (non-hydrogen) atoms. The Balaban J connectivity index is 3.12. The first kappa shape index (κ1) is 11.9. The van der Waals surface area contributed by atoms with E-state index in [9.17, 15) is 8.42 Å². The van der Waals surface area contributed by atoms with Crippen LogP contribution in [0.2, 0.25) is 0 Å². The van der Waals surface area contributed by atoms with Gasteiger partial charge in [0, 0.05) is 16.7 Å². The topological polar surface area (TPSA) is 64.6 Å². The van der Waals surface area contributed by atoms with E-state index in [0.29, 0.717) is 11.5 Å². The first-order valence-electron chi connectivity index (χ1n) is 3.90. The van der Waals surface area contributed by atoms with Crippen LogP contribution in [0.3, 0.4) is 0 Å². The van der Waals surface area contributed by atoms with Gasteiger partial charge < -0.3 is 9.47 Å². The number of anilines is 1. The van der Waals surface area contributed by atoms with Crippen molar-refractivity contribution < 1.29 is 17.9 Å². The molecule has 0 bridgehead atoms. The van der Waals surface area contributed by atoms with Crippen LogP contribution in [0.15, 0.2) is 18.2 Å². The number of hydrogen-bond acceptors (Lipinski definition) is 4. The van der Waals surface area contributed by atoms with Crippen molar-refractivity contribution in [3.63, 3.8) is 0 Å². The summed E-state index contributed by atoms with van der Waals surface area (Å²) >= 11 is 0. The molecule has 84 valence electrons. The van der Waals surface area contributed by atoms with E-state index in [1.165, 1.54) is 20.3 Å². The Morgan fingerprint density at radius 3 is 2.40 bits per heavy atom. The van der Waals surface area contributed by atoms with Gasteiger partial charge in [-0.15, -0.1) is 0 Å². The molecule has 5 nitrogen and oxygen atoms in total. The SMILES string of the molecule is COc1ccc(OC)c(NS(=O)(=O)Cl)c1. The maximum atomic E-state index is 10.8. The van der Waals surface area contributed by atoms with Crippen LogP contribution in [0.1, 0.15) is 0 Å². The lowest BCUT2D eigenvalue weighted by Gasteiger charge is -2.10. The van der Waals surface area contributed by atoms with Crippen molar-refractivity contribution in [2.75, 3.05) is 18.9 Å². The molecule has 1 aromatic carbocycles. The van der Waals surface area contributed by atoms with Gasteiger partial charge in [-0.2, -0.15) is 8.42 Å². The van der Waals surface area contributed by atoms with Crippen LogP contribution in [0.5, 0.6) is 11.5 Å². The Morgan fingerprint density at radius 1 is 1.27 bits per heavy atom. The van der Waals surface area contributed by atoms with E-state index in [-0.39, 0.29) is 5.69 Å². The van der Waals surface area contributed by atoms with E-state index in [1.54, 1.807) is 12.1 Å². The van der Waals surface area contributed by atoms with Gasteiger partial charge in [0.1, 0.15) is 11.5 Å². The van der Waals surface area contributed by atoms with Crippen LogP contribution in [0.25, 0.3) is 0 Å². The van der Waals surface area contributed by atoms with Crippen molar-refractivity contribution in [3.8, 4) is 11.5 Å². The molecule has 0 aliphatic carbocycles. The molecule has 1 aromatic rings. The van der Waals surface area contributed by atoms with Crippen molar-refractivity contribution in [2.24, 2.45) is 0 Å². The zero-order valence-corrected chi connectivity index (χ0v) is 9.72. The van der Waals surface area contributed by atoms with Crippen molar-refractivity contribution in [1.29, 1.82) is 0 Å². The van der Waals surface area contributed by atoms with Crippen LogP contribution < -0.4 is 14.2 Å². The molecule has 1 N–H and O–H groups in total. The fourth-order valence-electron chi connectivity index (χ4n) is 1.03. The first-order valence-corrected chi connectivity index (χ1v) is 6.21. The average Bonchev–Trinajstić information content (AvgIpc) is 2.15. The van der Waals surface area contributed by atoms with E-state index in [2.05, 4.69) is 4.72 Å². The van der Waals surface area contributed by atoms with E-state index in [1.807, 2.05) is 0 Å². The molecule has 0 aliphatic heterocycles. The van der Waals surface area contributed by atoms with Gasteiger partial charge in [0.25, 0.3) is 0 Å². The second kappa shape index (κ2) is 4.59. The van der Waals surface area contributed by atoms with Gasteiger partial charge in [-0.05, 0) is 12.1 Å². The molecule has 0 spiro atoms. The second-order valence-corrected chi connectivity index (χ2v) is 4.90. The van der Waals surface area contributed by atoms with Crippen LogP contribution in [0, 0.1) is 0 Å². The minimum Gasteiger partial charge on any atom is -0.497 e. The molecule has 0 heterocycles. The molecule has 0 fully saturated rings. The zero-order chi connectivity index (χ0) is 11.5. The number of rotatable bonds is 4. The maximum absolute atomic E-state index is 10.8. The van der Waals surface area contributed by atoms with Crippen LogP contribution in [0.4, 0.5) is 5.69 Å². The molecule has 7 heteroatoms. The summed E-state index contributed by atoms with van der Waals surface area (Å²) < 4.78 is 33.6. The van der Waals surface area contributed by atoms with Crippen molar-refractivity contribution in [2.45, 2.75) is 0 Å². The average molecular weight is 252 g/mol. The van der Waals surface area contributed by atoms with E-state index < -0.39 is 9.24 Å². The predicted octanol–water partition coefficient (Wildman–Crippen LogP) is 1.60. The molecule has 0 amide bonds. The molecule has 1 rings (SSSR count). The van der Waals surface area contributed by atoms with E-state index >= 15 is 0 Å². The summed E-state index contributed by atoms with van der Waals surface area (Å²) in [4.78, 5) is 0. The monoisotopic (exact) mass is 251 g/mol. The quantitative estimate of drug-likeness (QED) is 0.826. The summed E-state index contributed by atoms with van der Waals surface area (Å²) in [5.41, 5.74) is 0.229. The summed E-state index contributed by atoms with van der Waals surface area (Å²) in [6.45, 7) is 0. The molecule has 0 atom stereocenters. The molecule has 0 radical (unpaired) electrons. The molecule has 0 aliphatic rings. The summed E-state index contributed by atoms with van der Waals surface area (Å²) in [5.74, 6) is 0.860. The largest absolute Gasteiger partial charge is 0.497 e. The highest BCUT2D eigenvalue weighted by Gasteiger charge is 2.10. The minimum absolute atomic E-state index is 0.229. The van der Waals surface area contributed by atoms with E-state index in [4.69, 9.17) is 20.2 Å². The van der Waals surface area contributed by atoms with Gasteiger partial charge in [-0.1, -0.05) is 0 Å². The number of nitrogens with one attached hydrogen (secondary N) is 1. The summed E-state index contributed by atoms with van der Waals surface area (Å²) in [6, 6.07) is 4.69. The molecule has 0 saturated heterocycles. The van der Waals surface area contributed by atoms with Gasteiger partial charge in [-0.3, -0.25) is 4.72 Å². The van der Waals surface area contributed by atoms with Crippen molar-refractivity contribution in [1.82, 2.24) is 0 Å². The number of ether oxygens (including phenoxy) is 2. The molecule has 0 unspecified atom stereocenters. The predicted molar refractivity (Wildman–Crippen MR) is 57.9 cm³/mol. The summed E-state index contributed by atoms with van der Waals surface area (Å²) in [7, 11) is 4.11. The van der Waals surface area contributed by atoms with E-state index in [0.717, 1.165) is 0 Å². The molecular weight excluding hydrogens is 242 g/mol. The number of methoxy groups -OCH3 is 2. The van der Waals surface area contributed by atoms with Crippen LogP contribution in [-0.4, -0.2) is 22.6 Å². The highest BCUT2D eigenvalue weighted by molar-refractivity contribution is 8.14. The fourth-order valence-corrected chi connectivity index (χ4v) is 1.70. The Bertz CT molecular complexity index is 446. The molecule has 0 aromatic heterocycles. The fraction of sp³-hybridized carbons (Fsp3) is 0.250. The second-order valence-electron chi connectivity index (χ2n) is 2.61. The minimum atomic E-state index is -3.85. The first-order chi connectivity index (χ1) is 6.96. The number of halogens is 1. The van der Waals surface area contributed by atoms with Crippen LogP contribution >= 0.6 is 10.7 Å². The number of hydrogen-bond donors (Lipinski definition) is 1. The van der Waals surface area contributed by atoms with Gasteiger partial charge in [0.05, 0.1) is 19.9 Å². The Morgan fingerprint density at radius 2 is 1.93 bits per heavy atom. The number of benzene rings is 1. The van der Waals surface area contributed by atoms with Crippen molar-refractivity contribution in [3.05, 3.63) is 18.2 Å². The maximum Gasteiger partial charge on any atom is 0.319 e. The lowest BCUT2D eigenvalue weighted by atomic mass is 10.3. The summed E-state index contributed by atoms with van der Waals surface area (Å²) in [6.07, 6.45) is 0. The third-order valence-corrected chi connectivity index (χ3v) is 2.33. The Kier molecular flexibility index (Phi) is 3.65. The highest BCUT2D eigenvalue weighted by atomic mass is 35.7. The zero-order valence-electron chi connectivity index (χ0n) is 8.15. The molecular formula is C8H10ClNO4S. The van der Waals surface area contributed by atoms with Gasteiger partial charge >= 0.3 is 9.24 Å². The third kappa shape index (κ3) is 3.49. The Hall–Kier alpha value is -1.14. The van der Waals surface area contributed by atoms with Crippen LogP contribution in [-0.2, 0) is 9.24 Å². The summed E-state index contributed by atoms with van der Waals surface area (Å²) in [5, 5.41) is 0. The normalized spacial score (nSPS) is 10.9. The third-order valence-electron chi connectivity index (χ3n) is 1.64. The lowest BCUT2D eigenvalue weighted by Crippen LogP contribution is -2.05. The lowest BCUT2D eigenvalue weighted by molar-refractivity contribution is 0.405. The highest BCUT2D eigenvalue weighted by Crippen LogP contribution is 2.29. The van der Waals surface area contributed by atoms with Gasteiger partial charge in [0.15, 0.2) is 0 Å². The van der Waals surface area contributed by atoms with Crippen molar-refractivity contribution >= 4 is 25.6 Å².